The van der Waals surface area contributed by atoms with Crippen molar-refractivity contribution in [1.29, 1.82) is 0 Å². The third kappa shape index (κ3) is 3.31. The highest BCUT2D eigenvalue weighted by Crippen LogP contribution is 2.44. The van der Waals surface area contributed by atoms with Crippen LogP contribution in [-0.2, 0) is 0 Å². The average Bonchev–Trinajstić information content (AvgIpc) is 3.58. The van der Waals surface area contributed by atoms with E-state index in [-0.39, 0.29) is 0 Å². The van der Waals surface area contributed by atoms with Gasteiger partial charge in [0, 0.05) is 38.6 Å². The molecule has 0 aliphatic carbocycles. The molecule has 0 saturated heterocycles. The number of fused-ring (bicyclic) bond motifs is 9. The second kappa shape index (κ2) is 8.82. The summed E-state index contributed by atoms with van der Waals surface area (Å²) in [7, 11) is 0. The van der Waals surface area contributed by atoms with Gasteiger partial charge in [0.1, 0.15) is 0 Å². The molecular formula is C42H26N2. The number of benzene rings is 8. The van der Waals surface area contributed by atoms with Crippen molar-refractivity contribution in [2.75, 3.05) is 4.90 Å². The van der Waals surface area contributed by atoms with Crippen LogP contribution in [0.2, 0.25) is 0 Å². The first-order chi connectivity index (χ1) is 21.8. The van der Waals surface area contributed by atoms with E-state index in [1.807, 2.05) is 0 Å². The van der Waals surface area contributed by atoms with Crippen molar-refractivity contribution < 1.29 is 0 Å². The first kappa shape index (κ1) is 23.7. The first-order valence-electron chi connectivity index (χ1n) is 15.2. The maximum absolute atomic E-state index is 2.47. The van der Waals surface area contributed by atoms with Gasteiger partial charge in [-0.2, -0.15) is 0 Å². The van der Waals surface area contributed by atoms with E-state index in [1.165, 1.54) is 70.4 Å². The fraction of sp³-hybridized carbons (Fsp3) is 0. The Balaban J connectivity index is 1.25. The van der Waals surface area contributed by atoms with Gasteiger partial charge >= 0.3 is 0 Å². The summed E-state index contributed by atoms with van der Waals surface area (Å²) in [6.45, 7) is 0. The SMILES string of the molecule is c1ccc2cc(N(c3ccc4ccccc4c3)c3ccc4c(c3)c3cccc5c6cc7ccccc7cc6n4c35)ccc2c1. The summed E-state index contributed by atoms with van der Waals surface area (Å²) in [4.78, 5) is 2.40. The predicted octanol–water partition coefficient (Wildman–Crippen LogP) is 11.8. The lowest BCUT2D eigenvalue weighted by atomic mass is 10.0. The van der Waals surface area contributed by atoms with E-state index >= 15 is 0 Å². The predicted molar refractivity (Wildman–Crippen MR) is 188 cm³/mol. The van der Waals surface area contributed by atoms with Crippen molar-refractivity contribution in [2.45, 2.75) is 0 Å². The van der Waals surface area contributed by atoms with E-state index in [0.29, 0.717) is 0 Å². The van der Waals surface area contributed by atoms with E-state index < -0.39 is 0 Å². The number of anilines is 3. The minimum Gasteiger partial charge on any atom is -0.310 e. The molecule has 204 valence electrons. The summed E-state index contributed by atoms with van der Waals surface area (Å²) in [5.41, 5.74) is 7.24. The highest BCUT2D eigenvalue weighted by Gasteiger charge is 2.20. The molecule has 0 N–H and O–H groups in total. The number of para-hydroxylation sites is 1. The van der Waals surface area contributed by atoms with Gasteiger partial charge < -0.3 is 9.30 Å². The lowest BCUT2D eigenvalue weighted by Crippen LogP contribution is -2.10. The number of rotatable bonds is 3. The molecule has 0 atom stereocenters. The Hall–Kier alpha value is -5.86. The Bertz CT molecular complexity index is 2650. The molecular weight excluding hydrogens is 532 g/mol. The van der Waals surface area contributed by atoms with Gasteiger partial charge in [0.15, 0.2) is 0 Å². The molecule has 8 aromatic carbocycles. The van der Waals surface area contributed by atoms with Gasteiger partial charge in [0.2, 0.25) is 0 Å². The molecule has 10 rings (SSSR count). The molecule has 44 heavy (non-hydrogen) atoms. The summed E-state index contributed by atoms with van der Waals surface area (Å²) in [5.74, 6) is 0. The molecule has 2 aromatic heterocycles. The smallest absolute Gasteiger partial charge is 0.0620 e. The third-order valence-electron chi connectivity index (χ3n) is 9.41. The van der Waals surface area contributed by atoms with Crippen LogP contribution in [0, 0.1) is 0 Å². The van der Waals surface area contributed by atoms with Gasteiger partial charge in [0.05, 0.1) is 16.6 Å². The van der Waals surface area contributed by atoms with Crippen LogP contribution in [0.3, 0.4) is 0 Å². The highest BCUT2D eigenvalue weighted by atomic mass is 15.1. The summed E-state index contributed by atoms with van der Waals surface area (Å²) >= 11 is 0. The van der Waals surface area contributed by atoms with Crippen molar-refractivity contribution in [1.82, 2.24) is 4.40 Å². The van der Waals surface area contributed by atoms with Gasteiger partial charge in [-0.05, 0) is 86.9 Å². The molecule has 0 unspecified atom stereocenters. The average molecular weight is 559 g/mol. The van der Waals surface area contributed by atoms with Crippen LogP contribution in [0.15, 0.2) is 158 Å². The van der Waals surface area contributed by atoms with E-state index in [4.69, 9.17) is 0 Å². The fourth-order valence-electron chi connectivity index (χ4n) is 7.37. The van der Waals surface area contributed by atoms with Crippen LogP contribution in [0.5, 0.6) is 0 Å². The van der Waals surface area contributed by atoms with Crippen LogP contribution in [0.4, 0.5) is 17.1 Å². The standard InChI is InChI=1S/C42H26N2/c1-3-10-29-22-33(18-16-27(29)8-1)43(34-19-17-28-9-2-4-11-30(28)23-34)35-20-21-40-39(26-35)37-15-7-14-36-38-24-31-12-5-6-13-32(31)25-41(38)44(40)42(36)37/h1-26H. The molecule has 0 fully saturated rings. The molecule has 0 amide bonds. The van der Waals surface area contributed by atoms with Crippen molar-refractivity contribution in [3.63, 3.8) is 0 Å². The number of hydrogen-bond donors (Lipinski definition) is 0. The topological polar surface area (TPSA) is 7.65 Å². The van der Waals surface area contributed by atoms with E-state index in [1.54, 1.807) is 0 Å². The Morgan fingerprint density at radius 1 is 0.318 bits per heavy atom. The Labute approximate surface area is 253 Å². The van der Waals surface area contributed by atoms with Gasteiger partial charge in [-0.25, -0.2) is 0 Å². The maximum atomic E-state index is 2.47. The van der Waals surface area contributed by atoms with Crippen molar-refractivity contribution in [3.8, 4) is 0 Å². The van der Waals surface area contributed by atoms with Crippen molar-refractivity contribution >= 4 is 87.5 Å². The molecule has 0 saturated carbocycles. The molecule has 10 aromatic rings. The summed E-state index contributed by atoms with van der Waals surface area (Å²) in [6.07, 6.45) is 0. The second-order valence-corrected chi connectivity index (χ2v) is 11.9. The largest absolute Gasteiger partial charge is 0.310 e. The third-order valence-corrected chi connectivity index (χ3v) is 9.41. The van der Waals surface area contributed by atoms with Crippen LogP contribution in [0.25, 0.3) is 70.4 Å². The zero-order chi connectivity index (χ0) is 28.8. The summed E-state index contributed by atoms with van der Waals surface area (Å²) in [5, 5.41) is 12.7. The monoisotopic (exact) mass is 558 g/mol. The Morgan fingerprint density at radius 2 is 0.795 bits per heavy atom. The van der Waals surface area contributed by atoms with E-state index in [0.717, 1.165) is 17.1 Å². The summed E-state index contributed by atoms with van der Waals surface area (Å²) in [6, 6.07) is 57.9. The van der Waals surface area contributed by atoms with Gasteiger partial charge in [-0.3, -0.25) is 0 Å². The van der Waals surface area contributed by atoms with E-state index in [2.05, 4.69) is 167 Å². The molecule has 0 aliphatic rings. The summed E-state index contributed by atoms with van der Waals surface area (Å²) < 4.78 is 2.47. The van der Waals surface area contributed by atoms with Crippen molar-refractivity contribution in [3.05, 3.63) is 158 Å². The molecule has 0 spiro atoms. The molecule has 2 heterocycles. The molecule has 0 aliphatic heterocycles. The Kier molecular flexibility index (Phi) is 4.75. The lowest BCUT2D eigenvalue weighted by Gasteiger charge is -2.26. The van der Waals surface area contributed by atoms with Gasteiger partial charge in [0.25, 0.3) is 0 Å². The van der Waals surface area contributed by atoms with Crippen LogP contribution in [0.1, 0.15) is 0 Å². The van der Waals surface area contributed by atoms with Crippen molar-refractivity contribution in [2.24, 2.45) is 0 Å². The maximum Gasteiger partial charge on any atom is 0.0620 e. The van der Waals surface area contributed by atoms with Gasteiger partial charge in [-0.1, -0.05) is 103 Å². The minimum absolute atomic E-state index is 1.15. The molecule has 0 radical (unpaired) electrons. The van der Waals surface area contributed by atoms with Crippen LogP contribution < -0.4 is 4.90 Å². The fourth-order valence-corrected chi connectivity index (χ4v) is 7.37. The molecule has 2 nitrogen and oxygen atoms in total. The minimum atomic E-state index is 1.15. The van der Waals surface area contributed by atoms with Gasteiger partial charge in [-0.15, -0.1) is 0 Å². The Morgan fingerprint density at radius 3 is 1.41 bits per heavy atom. The van der Waals surface area contributed by atoms with E-state index in [9.17, 15) is 0 Å². The van der Waals surface area contributed by atoms with Crippen LogP contribution in [-0.4, -0.2) is 4.40 Å². The second-order valence-electron chi connectivity index (χ2n) is 11.9. The highest BCUT2D eigenvalue weighted by molar-refractivity contribution is 6.25. The zero-order valence-corrected chi connectivity index (χ0v) is 23.9. The number of nitrogens with zero attached hydrogens (tertiary/aromatic N) is 2. The first-order valence-corrected chi connectivity index (χ1v) is 15.2. The normalized spacial score (nSPS) is 12.1. The van der Waals surface area contributed by atoms with Crippen LogP contribution >= 0.6 is 0 Å². The zero-order valence-electron chi connectivity index (χ0n) is 23.9. The molecule has 2 heteroatoms. The number of hydrogen-bond acceptors (Lipinski definition) is 1. The molecule has 0 bridgehead atoms. The number of aromatic nitrogens is 1. The lowest BCUT2D eigenvalue weighted by molar-refractivity contribution is 1.30. The quantitative estimate of drug-likeness (QED) is 0.209.